The standard InChI is InChI=1S/C22H20N4O2.ClH/c1-27-20-12-18-19(13-21(20)28-2)23-14-24-22(18)26-17-10-8-16(9-11-17)25-15-6-4-3-5-7-15;/h3-14,25H,1-2H3,(H,23,24,26);1H. The summed E-state index contributed by atoms with van der Waals surface area (Å²) in [7, 11) is 3.22. The normalized spacial score (nSPS) is 10.1. The van der Waals surface area contributed by atoms with Crippen LogP contribution in [-0.4, -0.2) is 24.2 Å². The van der Waals surface area contributed by atoms with Crippen molar-refractivity contribution in [3.63, 3.8) is 0 Å². The Bertz CT molecular complexity index is 1090. The van der Waals surface area contributed by atoms with Gasteiger partial charge in [-0.25, -0.2) is 9.97 Å². The van der Waals surface area contributed by atoms with E-state index in [1.54, 1.807) is 14.2 Å². The predicted octanol–water partition coefficient (Wildman–Crippen LogP) is 5.56. The summed E-state index contributed by atoms with van der Waals surface area (Å²) in [6, 6.07) is 21.8. The van der Waals surface area contributed by atoms with Crippen molar-refractivity contribution in [3.05, 3.63) is 73.1 Å². The van der Waals surface area contributed by atoms with Crippen molar-refractivity contribution >= 4 is 46.2 Å². The number of para-hydroxylation sites is 1. The van der Waals surface area contributed by atoms with E-state index in [-0.39, 0.29) is 12.4 Å². The molecule has 1 heterocycles. The molecule has 148 valence electrons. The molecule has 0 bridgehead atoms. The minimum Gasteiger partial charge on any atom is -0.493 e. The van der Waals surface area contributed by atoms with E-state index in [0.717, 1.165) is 28.0 Å². The van der Waals surface area contributed by atoms with Gasteiger partial charge in [0.05, 0.1) is 19.7 Å². The Morgan fingerprint density at radius 3 is 1.93 bits per heavy atom. The van der Waals surface area contributed by atoms with Crippen molar-refractivity contribution in [3.8, 4) is 11.5 Å². The number of rotatable bonds is 6. The highest BCUT2D eigenvalue weighted by Gasteiger charge is 2.11. The first-order valence-electron chi connectivity index (χ1n) is 8.83. The maximum absolute atomic E-state index is 5.41. The Balaban J connectivity index is 0.00000240. The number of fused-ring (bicyclic) bond motifs is 1. The van der Waals surface area contributed by atoms with Crippen LogP contribution < -0.4 is 20.1 Å². The van der Waals surface area contributed by atoms with Crippen LogP contribution in [0.3, 0.4) is 0 Å². The number of ether oxygens (including phenoxy) is 2. The van der Waals surface area contributed by atoms with Crippen LogP contribution in [-0.2, 0) is 0 Å². The van der Waals surface area contributed by atoms with E-state index in [2.05, 4.69) is 20.6 Å². The van der Waals surface area contributed by atoms with Gasteiger partial charge in [-0.05, 0) is 42.5 Å². The highest BCUT2D eigenvalue weighted by molar-refractivity contribution is 5.93. The molecule has 0 saturated heterocycles. The molecule has 0 aliphatic carbocycles. The van der Waals surface area contributed by atoms with Crippen molar-refractivity contribution < 1.29 is 9.47 Å². The number of hydrogen-bond acceptors (Lipinski definition) is 6. The molecule has 0 unspecified atom stereocenters. The molecule has 3 aromatic carbocycles. The van der Waals surface area contributed by atoms with Crippen LogP contribution in [0.4, 0.5) is 22.9 Å². The predicted molar refractivity (Wildman–Crippen MR) is 119 cm³/mol. The number of nitrogens with zero attached hydrogens (tertiary/aromatic N) is 2. The van der Waals surface area contributed by atoms with Crippen molar-refractivity contribution in [1.82, 2.24) is 9.97 Å². The molecule has 0 aliphatic rings. The SMILES string of the molecule is COc1cc2ncnc(Nc3ccc(Nc4ccccc4)cc3)c2cc1OC.Cl. The van der Waals surface area contributed by atoms with Gasteiger partial charge in [0.2, 0.25) is 0 Å². The largest absolute Gasteiger partial charge is 0.493 e. The molecule has 0 saturated carbocycles. The zero-order valence-electron chi connectivity index (χ0n) is 16.0. The molecule has 29 heavy (non-hydrogen) atoms. The Hall–Kier alpha value is -3.51. The number of anilines is 4. The zero-order chi connectivity index (χ0) is 19.3. The molecule has 2 N–H and O–H groups in total. The molecule has 0 aliphatic heterocycles. The topological polar surface area (TPSA) is 68.3 Å². The molecule has 7 heteroatoms. The first-order valence-corrected chi connectivity index (χ1v) is 8.83. The maximum atomic E-state index is 5.41. The minimum absolute atomic E-state index is 0. The Morgan fingerprint density at radius 1 is 0.690 bits per heavy atom. The molecular weight excluding hydrogens is 388 g/mol. The first-order chi connectivity index (χ1) is 13.8. The van der Waals surface area contributed by atoms with Gasteiger partial charge >= 0.3 is 0 Å². The van der Waals surface area contributed by atoms with Crippen LogP contribution >= 0.6 is 12.4 Å². The minimum atomic E-state index is 0. The lowest BCUT2D eigenvalue weighted by molar-refractivity contribution is 0.356. The molecule has 0 amide bonds. The second kappa shape index (κ2) is 9.12. The number of halogens is 1. The van der Waals surface area contributed by atoms with E-state index >= 15 is 0 Å². The molecule has 4 aromatic rings. The second-order valence-electron chi connectivity index (χ2n) is 6.14. The van der Waals surface area contributed by atoms with Crippen LogP contribution in [0.5, 0.6) is 11.5 Å². The Morgan fingerprint density at radius 2 is 1.28 bits per heavy atom. The van der Waals surface area contributed by atoms with Gasteiger partial charge < -0.3 is 20.1 Å². The van der Waals surface area contributed by atoms with Crippen molar-refractivity contribution in [2.24, 2.45) is 0 Å². The molecular formula is C22H21ClN4O2. The molecule has 0 spiro atoms. The quantitative estimate of drug-likeness (QED) is 0.435. The zero-order valence-corrected chi connectivity index (χ0v) is 16.9. The van der Waals surface area contributed by atoms with Gasteiger partial charge in [0.15, 0.2) is 11.5 Å². The second-order valence-corrected chi connectivity index (χ2v) is 6.14. The van der Waals surface area contributed by atoms with Crippen molar-refractivity contribution in [1.29, 1.82) is 0 Å². The summed E-state index contributed by atoms with van der Waals surface area (Å²) in [5.74, 6) is 1.97. The molecule has 6 nitrogen and oxygen atoms in total. The van der Waals surface area contributed by atoms with Gasteiger partial charge in [-0.3, -0.25) is 0 Å². The van der Waals surface area contributed by atoms with E-state index in [4.69, 9.17) is 9.47 Å². The van der Waals surface area contributed by atoms with Crippen molar-refractivity contribution in [2.75, 3.05) is 24.9 Å². The van der Waals surface area contributed by atoms with E-state index in [9.17, 15) is 0 Å². The highest BCUT2D eigenvalue weighted by atomic mass is 35.5. The summed E-state index contributed by atoms with van der Waals surface area (Å²) in [6.45, 7) is 0. The smallest absolute Gasteiger partial charge is 0.162 e. The van der Waals surface area contributed by atoms with E-state index in [1.807, 2.05) is 66.7 Å². The number of methoxy groups -OCH3 is 2. The fourth-order valence-corrected chi connectivity index (χ4v) is 2.94. The summed E-state index contributed by atoms with van der Waals surface area (Å²) in [4.78, 5) is 8.72. The number of nitrogens with one attached hydrogen (secondary N) is 2. The Labute approximate surface area is 175 Å². The summed E-state index contributed by atoms with van der Waals surface area (Å²) >= 11 is 0. The maximum Gasteiger partial charge on any atom is 0.162 e. The van der Waals surface area contributed by atoms with E-state index < -0.39 is 0 Å². The third-order valence-corrected chi connectivity index (χ3v) is 4.35. The number of aromatic nitrogens is 2. The van der Waals surface area contributed by atoms with Gasteiger partial charge in [0.25, 0.3) is 0 Å². The molecule has 4 rings (SSSR count). The lowest BCUT2D eigenvalue weighted by atomic mass is 10.2. The Kier molecular flexibility index (Phi) is 6.36. The molecule has 0 fully saturated rings. The fourth-order valence-electron chi connectivity index (χ4n) is 2.94. The van der Waals surface area contributed by atoms with Gasteiger partial charge in [-0.15, -0.1) is 12.4 Å². The van der Waals surface area contributed by atoms with Gasteiger partial charge in [0.1, 0.15) is 12.1 Å². The summed E-state index contributed by atoms with van der Waals surface area (Å²) in [6.07, 6.45) is 1.53. The molecule has 0 radical (unpaired) electrons. The fraction of sp³-hybridized carbons (Fsp3) is 0.0909. The third kappa shape index (κ3) is 4.50. The summed E-state index contributed by atoms with van der Waals surface area (Å²) < 4.78 is 10.8. The van der Waals surface area contributed by atoms with Crippen LogP contribution in [0.25, 0.3) is 10.9 Å². The van der Waals surface area contributed by atoms with Crippen LogP contribution in [0, 0.1) is 0 Å². The van der Waals surface area contributed by atoms with Gasteiger partial charge in [0, 0.05) is 28.5 Å². The average Bonchev–Trinajstić information content (AvgIpc) is 2.75. The van der Waals surface area contributed by atoms with Crippen molar-refractivity contribution in [2.45, 2.75) is 0 Å². The van der Waals surface area contributed by atoms with Crippen LogP contribution in [0.2, 0.25) is 0 Å². The average molecular weight is 409 g/mol. The van der Waals surface area contributed by atoms with E-state index in [0.29, 0.717) is 17.3 Å². The number of hydrogen-bond donors (Lipinski definition) is 2. The molecule has 1 aromatic heterocycles. The third-order valence-electron chi connectivity index (χ3n) is 4.35. The summed E-state index contributed by atoms with van der Waals surface area (Å²) in [5, 5.41) is 7.57. The van der Waals surface area contributed by atoms with Crippen LogP contribution in [0.15, 0.2) is 73.1 Å². The lowest BCUT2D eigenvalue weighted by Gasteiger charge is -2.12. The van der Waals surface area contributed by atoms with E-state index in [1.165, 1.54) is 6.33 Å². The molecule has 0 atom stereocenters. The number of benzene rings is 3. The highest BCUT2D eigenvalue weighted by Crippen LogP contribution is 2.34. The first kappa shape index (κ1) is 20.2. The lowest BCUT2D eigenvalue weighted by Crippen LogP contribution is -1.98. The van der Waals surface area contributed by atoms with Crippen LogP contribution in [0.1, 0.15) is 0 Å². The van der Waals surface area contributed by atoms with Gasteiger partial charge in [-0.1, -0.05) is 18.2 Å². The summed E-state index contributed by atoms with van der Waals surface area (Å²) in [5.41, 5.74) is 3.76. The van der Waals surface area contributed by atoms with Gasteiger partial charge in [-0.2, -0.15) is 0 Å². The monoisotopic (exact) mass is 408 g/mol.